The summed E-state index contributed by atoms with van der Waals surface area (Å²) >= 11 is 0. The minimum Gasteiger partial charge on any atom is -0.363 e. The third-order valence-corrected chi connectivity index (χ3v) is 2.65. The Morgan fingerprint density at radius 3 is 2.69 bits per heavy atom. The maximum Gasteiger partial charge on any atom is 0.363 e. The van der Waals surface area contributed by atoms with Gasteiger partial charge < -0.3 is 10.2 Å². The Balaban J connectivity index is 2.48. The second kappa shape index (κ2) is 6.22. The predicted octanol–water partition coefficient (Wildman–Crippen LogP) is -1.19. The van der Waals surface area contributed by atoms with Crippen LogP contribution in [0.15, 0.2) is 4.79 Å². The summed E-state index contributed by atoms with van der Waals surface area (Å²) in [4.78, 5) is 16.3. The standard InChI is InChI=1S/C10H19N5O/c1-4-15(5-2)7-6-11-9-8(3)13-14-10(16)12-9/h4-7H2,1-3H3,(H2,11,12,14,16)/p+1. The fourth-order valence-corrected chi connectivity index (χ4v) is 1.52. The van der Waals surface area contributed by atoms with Gasteiger partial charge in [0.1, 0.15) is 5.69 Å². The molecule has 0 bridgehead atoms. The molecule has 0 aliphatic rings. The van der Waals surface area contributed by atoms with Crippen LogP contribution in [0, 0.1) is 6.92 Å². The fourth-order valence-electron chi connectivity index (χ4n) is 1.52. The smallest absolute Gasteiger partial charge is 0.363 e. The Morgan fingerprint density at radius 1 is 1.38 bits per heavy atom. The van der Waals surface area contributed by atoms with E-state index < -0.39 is 5.69 Å². The summed E-state index contributed by atoms with van der Waals surface area (Å²) in [6.45, 7) is 10.2. The first kappa shape index (κ1) is 12.6. The molecule has 6 nitrogen and oxygen atoms in total. The van der Waals surface area contributed by atoms with Crippen LogP contribution >= 0.6 is 0 Å². The number of hydrogen-bond acceptors (Lipinski definition) is 4. The van der Waals surface area contributed by atoms with Crippen LogP contribution in [0.1, 0.15) is 19.5 Å². The van der Waals surface area contributed by atoms with Crippen molar-refractivity contribution in [1.29, 1.82) is 0 Å². The normalized spacial score (nSPS) is 10.8. The number of H-pyrrole nitrogens is 1. The average Bonchev–Trinajstić information content (AvgIpc) is 2.29. The number of quaternary nitrogens is 1. The van der Waals surface area contributed by atoms with Crippen molar-refractivity contribution in [2.75, 3.05) is 31.5 Å². The Morgan fingerprint density at radius 2 is 2.06 bits per heavy atom. The second-order valence-electron chi connectivity index (χ2n) is 3.71. The molecule has 1 aromatic heterocycles. The zero-order valence-electron chi connectivity index (χ0n) is 10.1. The van der Waals surface area contributed by atoms with Crippen LogP contribution in [0.5, 0.6) is 0 Å². The predicted molar refractivity (Wildman–Crippen MR) is 62.8 cm³/mol. The maximum absolute atomic E-state index is 11.0. The van der Waals surface area contributed by atoms with Crippen molar-refractivity contribution in [3.05, 3.63) is 16.2 Å². The lowest BCUT2D eigenvalue weighted by atomic mass is 10.4. The Bertz CT molecular complexity index is 372. The van der Waals surface area contributed by atoms with E-state index >= 15 is 0 Å². The van der Waals surface area contributed by atoms with E-state index in [2.05, 4.69) is 34.3 Å². The van der Waals surface area contributed by atoms with Gasteiger partial charge in [-0.25, -0.2) is 9.89 Å². The molecule has 1 aromatic rings. The van der Waals surface area contributed by atoms with E-state index in [0.29, 0.717) is 11.5 Å². The lowest BCUT2D eigenvalue weighted by Crippen LogP contribution is -3.12. The summed E-state index contributed by atoms with van der Waals surface area (Å²) in [5, 5.41) is 9.29. The van der Waals surface area contributed by atoms with Crippen LogP contribution < -0.4 is 15.9 Å². The summed E-state index contributed by atoms with van der Waals surface area (Å²) < 4.78 is 0. The van der Waals surface area contributed by atoms with Gasteiger partial charge in [-0.15, -0.1) is 0 Å². The number of aryl methyl sites for hydroxylation is 1. The first-order valence-corrected chi connectivity index (χ1v) is 5.68. The summed E-state index contributed by atoms with van der Waals surface area (Å²) in [7, 11) is 0. The van der Waals surface area contributed by atoms with Gasteiger partial charge in [-0.3, -0.25) is 0 Å². The first-order chi connectivity index (χ1) is 7.67. The molecule has 0 atom stereocenters. The lowest BCUT2D eigenvalue weighted by Gasteiger charge is -2.15. The summed E-state index contributed by atoms with van der Waals surface area (Å²) in [5.41, 5.74) is 0.303. The van der Waals surface area contributed by atoms with Gasteiger partial charge in [-0.05, 0) is 20.8 Å². The van der Waals surface area contributed by atoms with Gasteiger partial charge in [-0.1, -0.05) is 0 Å². The van der Waals surface area contributed by atoms with Gasteiger partial charge in [0.25, 0.3) is 0 Å². The third-order valence-electron chi connectivity index (χ3n) is 2.65. The molecule has 90 valence electrons. The van der Waals surface area contributed by atoms with Crippen molar-refractivity contribution >= 4 is 5.82 Å². The largest absolute Gasteiger partial charge is 0.363 e. The minimum atomic E-state index is -0.414. The molecule has 0 aromatic carbocycles. The highest BCUT2D eigenvalue weighted by molar-refractivity contribution is 5.37. The molecule has 0 spiro atoms. The van der Waals surface area contributed by atoms with Gasteiger partial charge in [0.05, 0.1) is 26.2 Å². The summed E-state index contributed by atoms with van der Waals surface area (Å²) in [6.07, 6.45) is 0. The summed E-state index contributed by atoms with van der Waals surface area (Å²) in [6, 6.07) is 0. The number of nitrogens with one attached hydrogen (secondary N) is 3. The Hall–Kier alpha value is -1.43. The van der Waals surface area contributed by atoms with Gasteiger partial charge in [-0.2, -0.15) is 10.1 Å². The molecule has 0 fully saturated rings. The number of anilines is 1. The fraction of sp³-hybridized carbons (Fsp3) is 0.700. The van der Waals surface area contributed by atoms with Crippen LogP contribution in [0.25, 0.3) is 0 Å². The first-order valence-electron chi connectivity index (χ1n) is 5.68. The van der Waals surface area contributed by atoms with Crippen molar-refractivity contribution in [3.8, 4) is 0 Å². The molecule has 0 saturated heterocycles. The molecule has 0 aliphatic carbocycles. The Labute approximate surface area is 95.1 Å². The maximum atomic E-state index is 11.0. The third kappa shape index (κ3) is 3.62. The highest BCUT2D eigenvalue weighted by Crippen LogP contribution is 2.01. The Kier molecular flexibility index (Phi) is 4.91. The molecule has 16 heavy (non-hydrogen) atoms. The van der Waals surface area contributed by atoms with Crippen LogP contribution in [-0.2, 0) is 0 Å². The molecule has 1 heterocycles. The molecule has 1 rings (SSSR count). The van der Waals surface area contributed by atoms with E-state index in [0.717, 1.165) is 26.2 Å². The number of nitrogens with zero attached hydrogens (tertiary/aromatic N) is 2. The molecular formula is C10H20N5O+. The van der Waals surface area contributed by atoms with Crippen LogP contribution in [0.4, 0.5) is 5.82 Å². The SMILES string of the molecule is CC[NH+](CC)CCNc1nc(=O)[nH]nc1C. The van der Waals surface area contributed by atoms with Gasteiger partial charge >= 0.3 is 5.69 Å². The van der Waals surface area contributed by atoms with Gasteiger partial charge in [0, 0.05) is 0 Å². The van der Waals surface area contributed by atoms with E-state index in [9.17, 15) is 4.79 Å². The van der Waals surface area contributed by atoms with Crippen LogP contribution in [0.2, 0.25) is 0 Å². The van der Waals surface area contributed by atoms with Crippen molar-refractivity contribution in [2.24, 2.45) is 0 Å². The van der Waals surface area contributed by atoms with Crippen molar-refractivity contribution in [2.45, 2.75) is 20.8 Å². The number of likely N-dealkylation sites (N-methyl/N-ethyl adjacent to an activating group) is 1. The zero-order valence-corrected chi connectivity index (χ0v) is 10.1. The van der Waals surface area contributed by atoms with Crippen LogP contribution in [-0.4, -0.2) is 41.4 Å². The summed E-state index contributed by atoms with van der Waals surface area (Å²) in [5.74, 6) is 0.579. The number of rotatable bonds is 6. The molecule has 0 radical (unpaired) electrons. The van der Waals surface area contributed by atoms with E-state index in [1.54, 1.807) is 0 Å². The lowest BCUT2D eigenvalue weighted by molar-refractivity contribution is -0.894. The van der Waals surface area contributed by atoms with Crippen molar-refractivity contribution < 1.29 is 4.90 Å². The van der Waals surface area contributed by atoms with Crippen LogP contribution in [0.3, 0.4) is 0 Å². The van der Waals surface area contributed by atoms with E-state index in [4.69, 9.17) is 0 Å². The molecule has 0 unspecified atom stereocenters. The molecular weight excluding hydrogens is 206 g/mol. The molecule has 6 heteroatoms. The highest BCUT2D eigenvalue weighted by Gasteiger charge is 2.04. The minimum absolute atomic E-state index is 0.414. The highest BCUT2D eigenvalue weighted by atomic mass is 16.1. The monoisotopic (exact) mass is 226 g/mol. The topological polar surface area (TPSA) is 75.1 Å². The number of aromatic nitrogens is 3. The quantitative estimate of drug-likeness (QED) is 0.570. The van der Waals surface area contributed by atoms with E-state index in [1.807, 2.05) is 6.92 Å². The van der Waals surface area contributed by atoms with Crippen molar-refractivity contribution in [3.63, 3.8) is 0 Å². The molecule has 0 amide bonds. The van der Waals surface area contributed by atoms with Gasteiger partial charge in [0.2, 0.25) is 0 Å². The second-order valence-corrected chi connectivity index (χ2v) is 3.71. The molecule has 3 N–H and O–H groups in total. The molecule has 0 saturated carbocycles. The average molecular weight is 226 g/mol. The zero-order chi connectivity index (χ0) is 12.0. The van der Waals surface area contributed by atoms with E-state index in [1.165, 1.54) is 4.90 Å². The number of hydrogen-bond donors (Lipinski definition) is 3. The number of aromatic amines is 1. The van der Waals surface area contributed by atoms with E-state index in [-0.39, 0.29) is 0 Å². The molecule has 0 aliphatic heterocycles. The van der Waals surface area contributed by atoms with Crippen molar-refractivity contribution in [1.82, 2.24) is 15.2 Å². The van der Waals surface area contributed by atoms with Gasteiger partial charge in [0.15, 0.2) is 5.82 Å².